The van der Waals surface area contributed by atoms with Crippen molar-refractivity contribution in [2.24, 2.45) is 0 Å². The summed E-state index contributed by atoms with van der Waals surface area (Å²) in [6.07, 6.45) is 0. The molecule has 6 nitrogen and oxygen atoms in total. The zero-order valence-electron chi connectivity index (χ0n) is 15.0. The van der Waals surface area contributed by atoms with E-state index in [-0.39, 0.29) is 43.2 Å². The third-order valence-corrected chi connectivity index (χ3v) is 5.43. The first kappa shape index (κ1) is 20.7. The number of hydrogen-bond acceptors (Lipinski definition) is 5. The topological polar surface area (TPSA) is 88.5 Å². The molecule has 1 amide bonds. The van der Waals surface area contributed by atoms with Crippen molar-refractivity contribution in [3.05, 3.63) is 63.1 Å². The number of ether oxygens (including phenoxy) is 1. The maximum Gasteiger partial charge on any atom is 0.339 e. The minimum atomic E-state index is -1.24. The molecule has 0 aliphatic carbocycles. The maximum absolute atomic E-state index is 14.0. The molecule has 10 heteroatoms. The third kappa shape index (κ3) is 4.06. The molecular formula is C19H13ClF2N2O4S. The van der Waals surface area contributed by atoms with Gasteiger partial charge in [-0.15, -0.1) is 11.3 Å². The Morgan fingerprint density at radius 1 is 1.24 bits per heavy atom. The lowest BCUT2D eigenvalue weighted by Crippen LogP contribution is -2.12. The molecule has 0 aliphatic heterocycles. The molecule has 2 aromatic carbocycles. The molecular weight excluding hydrogens is 426 g/mol. The number of aryl methyl sites for hydroxylation is 1. The standard InChI is InChI=1S/C19H13ClF2N2O4S/c1-8-16(29-18(23-8)15-11(21)4-3-5-12(15)22)17(25)24-13-7-14(28-2)9(19(26)27)6-10(13)20/h3-7H,1-2H3,(H,24,25)(H,26,27). The van der Waals surface area contributed by atoms with E-state index in [9.17, 15) is 23.5 Å². The van der Waals surface area contributed by atoms with Crippen molar-refractivity contribution in [3.63, 3.8) is 0 Å². The summed E-state index contributed by atoms with van der Waals surface area (Å²) in [5.74, 6) is -3.43. The quantitative estimate of drug-likeness (QED) is 0.584. The van der Waals surface area contributed by atoms with Crippen molar-refractivity contribution < 1.29 is 28.2 Å². The molecule has 0 radical (unpaired) electrons. The van der Waals surface area contributed by atoms with E-state index < -0.39 is 23.5 Å². The zero-order valence-corrected chi connectivity index (χ0v) is 16.6. The number of carboxylic acids is 1. The van der Waals surface area contributed by atoms with E-state index in [0.29, 0.717) is 0 Å². The largest absolute Gasteiger partial charge is 0.496 e. The van der Waals surface area contributed by atoms with Crippen LogP contribution in [0.5, 0.6) is 5.75 Å². The minimum Gasteiger partial charge on any atom is -0.496 e. The van der Waals surface area contributed by atoms with Gasteiger partial charge in [0.25, 0.3) is 5.91 Å². The van der Waals surface area contributed by atoms with Crippen LogP contribution < -0.4 is 10.1 Å². The number of benzene rings is 2. The third-order valence-electron chi connectivity index (χ3n) is 3.95. The Morgan fingerprint density at radius 3 is 2.48 bits per heavy atom. The predicted octanol–water partition coefficient (Wildman–Crippen LogP) is 5.01. The van der Waals surface area contributed by atoms with Crippen molar-refractivity contribution in [3.8, 4) is 16.3 Å². The van der Waals surface area contributed by atoms with Gasteiger partial charge in [0.05, 0.1) is 29.1 Å². The van der Waals surface area contributed by atoms with Gasteiger partial charge >= 0.3 is 5.97 Å². The average Bonchev–Trinajstić information content (AvgIpc) is 3.04. The van der Waals surface area contributed by atoms with Crippen LogP contribution in [0.3, 0.4) is 0 Å². The lowest BCUT2D eigenvalue weighted by atomic mass is 10.1. The number of nitrogens with zero attached hydrogens (tertiary/aromatic N) is 1. The van der Waals surface area contributed by atoms with Crippen molar-refractivity contribution in [1.82, 2.24) is 4.98 Å². The number of carbonyl (C=O) groups is 2. The molecule has 0 spiro atoms. The number of aromatic nitrogens is 1. The van der Waals surface area contributed by atoms with Gasteiger partial charge in [-0.05, 0) is 25.1 Å². The fourth-order valence-corrected chi connectivity index (χ4v) is 3.80. The average molecular weight is 439 g/mol. The Labute approximate surface area is 172 Å². The summed E-state index contributed by atoms with van der Waals surface area (Å²) >= 11 is 6.89. The van der Waals surface area contributed by atoms with Crippen LogP contribution in [0.1, 0.15) is 25.7 Å². The molecule has 1 aromatic heterocycles. The van der Waals surface area contributed by atoms with Crippen LogP contribution in [0.2, 0.25) is 5.02 Å². The molecule has 0 atom stereocenters. The number of amides is 1. The van der Waals surface area contributed by atoms with Gasteiger partial charge < -0.3 is 15.2 Å². The first-order valence-corrected chi connectivity index (χ1v) is 9.26. The van der Waals surface area contributed by atoms with Crippen LogP contribution in [0.25, 0.3) is 10.6 Å². The number of carbonyl (C=O) groups excluding carboxylic acids is 1. The van der Waals surface area contributed by atoms with Gasteiger partial charge in [0.1, 0.15) is 32.8 Å². The van der Waals surface area contributed by atoms with E-state index in [1.807, 2.05) is 0 Å². The highest BCUT2D eigenvalue weighted by atomic mass is 35.5. The second-order valence-corrected chi connectivity index (χ2v) is 7.23. The molecule has 0 aliphatic rings. The number of anilines is 1. The first-order chi connectivity index (χ1) is 13.7. The van der Waals surface area contributed by atoms with E-state index in [1.54, 1.807) is 0 Å². The van der Waals surface area contributed by atoms with Crippen molar-refractivity contribution in [2.75, 3.05) is 12.4 Å². The molecule has 0 saturated heterocycles. The smallest absolute Gasteiger partial charge is 0.339 e. The lowest BCUT2D eigenvalue weighted by Gasteiger charge is -2.11. The van der Waals surface area contributed by atoms with Crippen LogP contribution in [0, 0.1) is 18.6 Å². The number of thiazole rings is 1. The van der Waals surface area contributed by atoms with E-state index in [2.05, 4.69) is 10.3 Å². The van der Waals surface area contributed by atoms with Crippen molar-refractivity contribution in [1.29, 1.82) is 0 Å². The number of halogens is 3. The highest BCUT2D eigenvalue weighted by molar-refractivity contribution is 7.17. The van der Waals surface area contributed by atoms with E-state index in [4.69, 9.17) is 16.3 Å². The highest BCUT2D eigenvalue weighted by Gasteiger charge is 2.22. The Hall–Kier alpha value is -3.04. The summed E-state index contributed by atoms with van der Waals surface area (Å²) in [7, 11) is 1.28. The van der Waals surface area contributed by atoms with Crippen LogP contribution >= 0.6 is 22.9 Å². The fourth-order valence-electron chi connectivity index (χ4n) is 2.58. The number of rotatable bonds is 5. The number of hydrogen-bond donors (Lipinski definition) is 2. The normalized spacial score (nSPS) is 10.7. The fraction of sp³-hybridized carbons (Fsp3) is 0.105. The minimum absolute atomic E-state index is 0.00680. The molecule has 2 N–H and O–H groups in total. The van der Waals surface area contributed by atoms with Gasteiger partial charge in [-0.2, -0.15) is 0 Å². The second-order valence-electron chi connectivity index (χ2n) is 5.82. The predicted molar refractivity (Wildman–Crippen MR) is 105 cm³/mol. The Balaban J connectivity index is 1.95. The van der Waals surface area contributed by atoms with Gasteiger partial charge in [0.15, 0.2) is 0 Å². The number of methoxy groups -OCH3 is 1. The van der Waals surface area contributed by atoms with Crippen LogP contribution in [0.15, 0.2) is 30.3 Å². The zero-order chi connectivity index (χ0) is 21.3. The molecule has 1 heterocycles. The Kier molecular flexibility index (Phi) is 5.81. The highest BCUT2D eigenvalue weighted by Crippen LogP contribution is 2.34. The van der Waals surface area contributed by atoms with Gasteiger partial charge in [-0.3, -0.25) is 4.79 Å². The molecule has 3 aromatic rings. The monoisotopic (exact) mass is 438 g/mol. The lowest BCUT2D eigenvalue weighted by molar-refractivity contribution is 0.0693. The summed E-state index contributed by atoms with van der Waals surface area (Å²) in [5.41, 5.74) is -0.0905. The van der Waals surface area contributed by atoms with Gasteiger partial charge in [0, 0.05) is 6.07 Å². The Morgan fingerprint density at radius 2 is 1.90 bits per heavy atom. The van der Waals surface area contributed by atoms with E-state index in [1.165, 1.54) is 26.2 Å². The molecule has 0 saturated carbocycles. The van der Waals surface area contributed by atoms with Gasteiger partial charge in [-0.1, -0.05) is 17.7 Å². The summed E-state index contributed by atoms with van der Waals surface area (Å²) in [6.45, 7) is 1.53. The van der Waals surface area contributed by atoms with Gasteiger partial charge in [-0.25, -0.2) is 18.6 Å². The molecule has 29 heavy (non-hydrogen) atoms. The van der Waals surface area contributed by atoms with E-state index >= 15 is 0 Å². The summed E-state index contributed by atoms with van der Waals surface area (Å²) in [4.78, 5) is 28.1. The second kappa shape index (κ2) is 8.14. The number of nitrogens with one attached hydrogen (secondary N) is 1. The number of aromatic carboxylic acids is 1. The molecule has 150 valence electrons. The number of carboxylic acid groups (broad SMARTS) is 1. The van der Waals surface area contributed by atoms with Crippen molar-refractivity contribution >= 4 is 40.5 Å². The van der Waals surface area contributed by atoms with Crippen LogP contribution in [-0.4, -0.2) is 29.1 Å². The summed E-state index contributed by atoms with van der Waals surface area (Å²) in [6, 6.07) is 5.86. The van der Waals surface area contributed by atoms with Crippen LogP contribution in [0.4, 0.5) is 14.5 Å². The van der Waals surface area contributed by atoms with Crippen LogP contribution in [-0.2, 0) is 0 Å². The summed E-state index contributed by atoms with van der Waals surface area (Å²) < 4.78 is 33.0. The molecule has 0 bridgehead atoms. The van der Waals surface area contributed by atoms with Crippen molar-refractivity contribution in [2.45, 2.75) is 6.92 Å². The first-order valence-electron chi connectivity index (χ1n) is 8.07. The van der Waals surface area contributed by atoms with E-state index in [0.717, 1.165) is 29.5 Å². The molecule has 0 unspecified atom stereocenters. The maximum atomic E-state index is 14.0. The molecule has 0 fully saturated rings. The summed E-state index contributed by atoms with van der Waals surface area (Å²) in [5, 5.41) is 11.7. The van der Waals surface area contributed by atoms with Gasteiger partial charge in [0.2, 0.25) is 0 Å². The SMILES string of the molecule is COc1cc(NC(=O)c2sc(-c3c(F)cccc3F)nc2C)c(Cl)cc1C(=O)O. The Bertz CT molecular complexity index is 1110. The molecule has 3 rings (SSSR count).